The van der Waals surface area contributed by atoms with Crippen LogP contribution in [0.1, 0.15) is 67.7 Å². The van der Waals surface area contributed by atoms with Crippen molar-refractivity contribution in [3.05, 3.63) is 76.7 Å². The Morgan fingerprint density at radius 2 is 1.74 bits per heavy atom. The van der Waals surface area contributed by atoms with Gasteiger partial charge in [-0.1, -0.05) is 13.8 Å². The van der Waals surface area contributed by atoms with Gasteiger partial charge in [0.2, 0.25) is 5.60 Å². The fourth-order valence-corrected chi connectivity index (χ4v) is 3.98. The summed E-state index contributed by atoms with van der Waals surface area (Å²) >= 11 is 0. The summed E-state index contributed by atoms with van der Waals surface area (Å²) < 4.78 is 68.2. The lowest BCUT2D eigenvalue weighted by Crippen LogP contribution is -2.51. The summed E-state index contributed by atoms with van der Waals surface area (Å²) in [7, 11) is 1.39. The molecular formula is C31H37F4N3O4. The molecule has 7 nitrogen and oxygen atoms in total. The van der Waals surface area contributed by atoms with Crippen molar-refractivity contribution in [2.24, 2.45) is 5.73 Å². The molecule has 1 aromatic heterocycles. The van der Waals surface area contributed by atoms with Gasteiger partial charge in [0.1, 0.15) is 5.82 Å². The maximum Gasteiger partial charge on any atom is 0.424 e. The quantitative estimate of drug-likeness (QED) is 0.258. The summed E-state index contributed by atoms with van der Waals surface area (Å²) in [5, 5.41) is 13.3. The Labute approximate surface area is 243 Å². The van der Waals surface area contributed by atoms with Crippen LogP contribution in [0.25, 0.3) is 11.3 Å². The number of aromatic nitrogens is 1. The van der Waals surface area contributed by atoms with Crippen molar-refractivity contribution in [1.29, 1.82) is 0 Å². The summed E-state index contributed by atoms with van der Waals surface area (Å²) in [5.41, 5.74) is 1.67. The number of carbonyl (C=O) groups is 1. The van der Waals surface area contributed by atoms with Crippen molar-refractivity contribution in [3.8, 4) is 22.8 Å². The minimum absolute atomic E-state index is 0.0109. The van der Waals surface area contributed by atoms with Crippen molar-refractivity contribution in [3.63, 3.8) is 0 Å². The summed E-state index contributed by atoms with van der Waals surface area (Å²) in [6.07, 6.45) is -3.36. The fraction of sp³-hybridized carbons (Fsp3) is 0.419. The summed E-state index contributed by atoms with van der Waals surface area (Å²) in [6.45, 7) is 7.45. The molecule has 11 heteroatoms. The third-order valence-electron chi connectivity index (χ3n) is 6.66. The third-order valence-corrected chi connectivity index (χ3v) is 6.66. The van der Waals surface area contributed by atoms with Gasteiger partial charge in [0.15, 0.2) is 11.5 Å². The lowest BCUT2D eigenvalue weighted by atomic mass is 9.89. The number of nitrogens with two attached hydrogens (primary N) is 1. The minimum Gasteiger partial charge on any atom is -0.493 e. The number of halogens is 4. The van der Waals surface area contributed by atoms with E-state index in [1.807, 2.05) is 13.8 Å². The van der Waals surface area contributed by atoms with Gasteiger partial charge in [0.25, 0.3) is 5.91 Å². The molecule has 0 spiro atoms. The zero-order chi connectivity index (χ0) is 31.5. The average Bonchev–Trinajstić information content (AvgIpc) is 3.77. The number of nitrogens with zero attached hydrogens (tertiary/aromatic N) is 1. The molecule has 4 N–H and O–H groups in total. The zero-order valence-electron chi connectivity index (χ0n) is 24.5. The van der Waals surface area contributed by atoms with Crippen molar-refractivity contribution in [1.82, 2.24) is 10.3 Å². The number of amides is 1. The van der Waals surface area contributed by atoms with Crippen LogP contribution in [0.4, 0.5) is 17.6 Å². The highest BCUT2D eigenvalue weighted by atomic mass is 19.4. The van der Waals surface area contributed by atoms with Crippen LogP contribution in [0.2, 0.25) is 0 Å². The lowest BCUT2D eigenvalue weighted by Gasteiger charge is -2.32. The van der Waals surface area contributed by atoms with Crippen molar-refractivity contribution >= 4 is 5.91 Å². The van der Waals surface area contributed by atoms with E-state index in [1.165, 1.54) is 56.5 Å². The SMILES string of the molecule is CC.COc1cc(C(=O)NCC(O)(c2cc(C(C)(C)N)cc(-c3ccc(F)c(C)c3)n2)C(F)(F)F)ccc1OC1CC1. The molecule has 1 unspecified atom stereocenters. The van der Waals surface area contributed by atoms with Crippen LogP contribution in [-0.4, -0.2) is 41.9 Å². The van der Waals surface area contributed by atoms with E-state index in [0.717, 1.165) is 18.9 Å². The molecule has 1 aliphatic carbocycles. The molecule has 3 aromatic rings. The first kappa shape index (κ1) is 32.8. The molecule has 1 heterocycles. The molecule has 0 radical (unpaired) electrons. The molecule has 42 heavy (non-hydrogen) atoms. The van der Waals surface area contributed by atoms with Gasteiger partial charge >= 0.3 is 6.18 Å². The molecule has 228 valence electrons. The molecule has 1 aliphatic rings. The van der Waals surface area contributed by atoms with Gasteiger partial charge in [0.05, 0.1) is 31.1 Å². The smallest absolute Gasteiger partial charge is 0.424 e. The Morgan fingerprint density at radius 3 is 2.29 bits per heavy atom. The Bertz CT molecular complexity index is 1420. The standard InChI is InChI=1S/C29H31F4N3O4.C2H6/c1-16-11-17(5-9-21(16)30)22-13-19(27(2,3)34)14-25(36-22)28(38,29(31,32)33)15-35-26(37)18-6-10-23(24(12-18)39-4)40-20-7-8-20;1-2/h5-6,9-14,20,38H,7-8,15,34H2,1-4H3,(H,35,37);1-2H3. The summed E-state index contributed by atoms with van der Waals surface area (Å²) in [4.78, 5) is 17.0. The van der Waals surface area contributed by atoms with E-state index < -0.39 is 41.3 Å². The van der Waals surface area contributed by atoms with Gasteiger partial charge in [0, 0.05) is 16.7 Å². The molecule has 2 aromatic carbocycles. The van der Waals surface area contributed by atoms with Gasteiger partial charge in [-0.3, -0.25) is 4.79 Å². The van der Waals surface area contributed by atoms with Crippen LogP contribution in [0.15, 0.2) is 48.5 Å². The number of ether oxygens (including phenoxy) is 2. The number of nitrogens with one attached hydrogen (secondary N) is 1. The highest BCUT2D eigenvalue weighted by Crippen LogP contribution is 2.40. The van der Waals surface area contributed by atoms with E-state index >= 15 is 0 Å². The number of rotatable bonds is 9. The molecule has 1 amide bonds. The van der Waals surface area contributed by atoms with Gasteiger partial charge in [-0.2, -0.15) is 13.2 Å². The second-order valence-electron chi connectivity index (χ2n) is 10.5. The highest BCUT2D eigenvalue weighted by Gasteiger charge is 2.56. The number of aryl methyl sites for hydroxylation is 1. The molecule has 4 rings (SSSR count). The number of pyridine rings is 1. The predicted octanol–water partition coefficient (Wildman–Crippen LogP) is 6.15. The summed E-state index contributed by atoms with van der Waals surface area (Å²) in [6, 6.07) is 10.8. The number of benzene rings is 2. The van der Waals surface area contributed by atoms with E-state index in [4.69, 9.17) is 15.2 Å². The Balaban J connectivity index is 0.00000237. The fourth-order valence-electron chi connectivity index (χ4n) is 3.98. The van der Waals surface area contributed by atoms with Crippen LogP contribution in [0.5, 0.6) is 11.5 Å². The minimum atomic E-state index is -5.24. The van der Waals surface area contributed by atoms with Crippen molar-refractivity contribution in [2.45, 2.75) is 70.9 Å². The second kappa shape index (κ2) is 12.7. The first-order valence-electron chi connectivity index (χ1n) is 13.6. The topological polar surface area (TPSA) is 107 Å². The molecule has 0 aliphatic heterocycles. The maximum atomic E-state index is 14.5. The Hall–Kier alpha value is -3.70. The number of hydrogen-bond acceptors (Lipinski definition) is 6. The van der Waals surface area contributed by atoms with Crippen LogP contribution in [0, 0.1) is 12.7 Å². The van der Waals surface area contributed by atoms with E-state index in [-0.39, 0.29) is 34.2 Å². The van der Waals surface area contributed by atoms with E-state index in [9.17, 15) is 27.5 Å². The van der Waals surface area contributed by atoms with Crippen LogP contribution in [-0.2, 0) is 11.1 Å². The Kier molecular flexibility index (Phi) is 9.89. The first-order valence-corrected chi connectivity index (χ1v) is 13.6. The lowest BCUT2D eigenvalue weighted by molar-refractivity contribution is -0.265. The van der Waals surface area contributed by atoms with E-state index in [2.05, 4.69) is 10.3 Å². The molecule has 1 atom stereocenters. The average molecular weight is 592 g/mol. The second-order valence-corrected chi connectivity index (χ2v) is 10.5. The van der Waals surface area contributed by atoms with Crippen LogP contribution in [0.3, 0.4) is 0 Å². The van der Waals surface area contributed by atoms with Crippen molar-refractivity contribution < 1.29 is 36.9 Å². The number of aliphatic hydroxyl groups is 1. The van der Waals surface area contributed by atoms with Gasteiger partial charge < -0.3 is 25.6 Å². The number of hydrogen-bond donors (Lipinski definition) is 3. The maximum absolute atomic E-state index is 14.5. The first-order chi connectivity index (χ1) is 19.6. The largest absolute Gasteiger partial charge is 0.493 e. The van der Waals surface area contributed by atoms with Crippen LogP contribution >= 0.6 is 0 Å². The zero-order valence-corrected chi connectivity index (χ0v) is 24.5. The Morgan fingerprint density at radius 1 is 1.07 bits per heavy atom. The number of carbonyl (C=O) groups excluding carboxylic acids is 1. The van der Waals surface area contributed by atoms with Gasteiger partial charge in [-0.05, 0) is 93.3 Å². The summed E-state index contributed by atoms with van der Waals surface area (Å²) in [5.74, 6) is -0.687. The molecule has 0 saturated heterocycles. The molecule has 1 fully saturated rings. The third kappa shape index (κ3) is 7.38. The number of methoxy groups -OCH3 is 1. The van der Waals surface area contributed by atoms with E-state index in [1.54, 1.807) is 13.8 Å². The normalized spacial score (nSPS) is 14.8. The molecular weight excluding hydrogens is 554 g/mol. The van der Waals surface area contributed by atoms with Crippen molar-refractivity contribution in [2.75, 3.05) is 13.7 Å². The van der Waals surface area contributed by atoms with Crippen LogP contribution < -0.4 is 20.5 Å². The molecule has 0 bridgehead atoms. The predicted molar refractivity (Wildman–Crippen MR) is 152 cm³/mol. The monoisotopic (exact) mass is 591 g/mol. The van der Waals surface area contributed by atoms with Gasteiger partial charge in [-0.25, -0.2) is 9.37 Å². The van der Waals surface area contributed by atoms with Gasteiger partial charge in [-0.15, -0.1) is 0 Å². The highest BCUT2D eigenvalue weighted by molar-refractivity contribution is 5.95. The number of alkyl halides is 3. The molecule has 1 saturated carbocycles. The van der Waals surface area contributed by atoms with E-state index in [0.29, 0.717) is 11.3 Å².